The number of aryl methyl sites for hydroxylation is 1. The van der Waals surface area contributed by atoms with Crippen LogP contribution in [-0.4, -0.2) is 43.8 Å². The highest BCUT2D eigenvalue weighted by Gasteiger charge is 2.34. The van der Waals surface area contributed by atoms with Crippen LogP contribution in [0.15, 0.2) is 71.6 Å². The Kier molecular flexibility index (Phi) is 11.2. The molecule has 2 atom stereocenters. The van der Waals surface area contributed by atoms with Gasteiger partial charge in [0.2, 0.25) is 11.8 Å². The molecule has 2 amide bonds. The third kappa shape index (κ3) is 8.21. The molecule has 0 aromatic heterocycles. The second-order valence-electron chi connectivity index (χ2n) is 9.81. The predicted molar refractivity (Wildman–Crippen MR) is 161 cm³/mol. The maximum atomic E-state index is 14.0. The van der Waals surface area contributed by atoms with Gasteiger partial charge in [0.25, 0.3) is 10.0 Å². The normalized spacial score (nSPS) is 12.9. The van der Waals surface area contributed by atoms with E-state index in [9.17, 15) is 22.4 Å². The molecule has 0 unspecified atom stereocenters. The number of sulfonamides is 1. The van der Waals surface area contributed by atoms with Crippen LogP contribution in [0.25, 0.3) is 0 Å². The van der Waals surface area contributed by atoms with Crippen molar-refractivity contribution in [3.63, 3.8) is 0 Å². The van der Waals surface area contributed by atoms with Gasteiger partial charge in [0.1, 0.15) is 18.4 Å². The van der Waals surface area contributed by atoms with E-state index in [1.807, 2.05) is 20.8 Å². The molecule has 1 N–H and O–H groups in total. The molecule has 0 radical (unpaired) electrons. The number of benzene rings is 3. The summed E-state index contributed by atoms with van der Waals surface area (Å²) in [6, 6.07) is 14.9. The summed E-state index contributed by atoms with van der Waals surface area (Å²) >= 11 is 12.3. The van der Waals surface area contributed by atoms with Gasteiger partial charge in [-0.15, -0.1) is 0 Å². The lowest BCUT2D eigenvalue weighted by atomic mass is 10.1. The number of anilines is 1. The van der Waals surface area contributed by atoms with Gasteiger partial charge < -0.3 is 10.2 Å². The molecule has 0 saturated heterocycles. The summed E-state index contributed by atoms with van der Waals surface area (Å²) in [7, 11) is -4.25. The average molecular weight is 623 g/mol. The molecule has 3 aromatic rings. The first-order valence-electron chi connectivity index (χ1n) is 13.3. The summed E-state index contributed by atoms with van der Waals surface area (Å²) < 4.78 is 42.4. The average Bonchev–Trinajstić information content (AvgIpc) is 2.94. The highest BCUT2D eigenvalue weighted by Crippen LogP contribution is 2.27. The molecule has 0 aliphatic heterocycles. The second-order valence-corrected chi connectivity index (χ2v) is 12.5. The van der Waals surface area contributed by atoms with Crippen molar-refractivity contribution in [3.05, 3.63) is 93.7 Å². The largest absolute Gasteiger partial charge is 0.352 e. The molecular weight excluding hydrogens is 588 g/mol. The number of carbonyl (C=O) groups is 2. The van der Waals surface area contributed by atoms with Crippen molar-refractivity contribution in [1.29, 1.82) is 0 Å². The lowest BCUT2D eigenvalue weighted by molar-refractivity contribution is -0.140. The molecule has 220 valence electrons. The van der Waals surface area contributed by atoms with Crippen LogP contribution < -0.4 is 9.62 Å². The van der Waals surface area contributed by atoms with Crippen LogP contribution in [0.3, 0.4) is 0 Å². The van der Waals surface area contributed by atoms with Crippen molar-refractivity contribution in [1.82, 2.24) is 10.2 Å². The van der Waals surface area contributed by atoms with Crippen LogP contribution in [0.4, 0.5) is 10.1 Å². The zero-order chi connectivity index (χ0) is 30.3. The number of nitrogens with one attached hydrogen (secondary N) is 1. The lowest BCUT2D eigenvalue weighted by Crippen LogP contribution is -2.53. The van der Waals surface area contributed by atoms with E-state index >= 15 is 0 Å². The minimum Gasteiger partial charge on any atom is -0.352 e. The molecule has 0 aliphatic rings. The predicted octanol–water partition coefficient (Wildman–Crippen LogP) is 6.36. The first-order valence-corrected chi connectivity index (χ1v) is 15.5. The summed E-state index contributed by atoms with van der Waals surface area (Å²) in [4.78, 5) is 28.7. The summed E-state index contributed by atoms with van der Waals surface area (Å²) in [6.07, 6.45) is 0.965. The topological polar surface area (TPSA) is 86.8 Å². The standard InChI is InChI=1S/C30H34Cl2FN3O4S/c1-5-21(4)34-30(38)28(6-2)35(18-22-9-16-26(31)27(32)17-22)29(37)19-36(24-12-10-23(33)11-13-24)41(39,40)25-14-7-20(3)8-15-25/h7-17,21,28H,5-6,18-19H2,1-4H3,(H,34,38)/t21-,28+/m1/s1. The van der Waals surface area contributed by atoms with Crippen LogP contribution in [0.2, 0.25) is 10.0 Å². The fourth-order valence-corrected chi connectivity index (χ4v) is 5.90. The molecule has 3 aromatic carbocycles. The van der Waals surface area contributed by atoms with Gasteiger partial charge in [-0.3, -0.25) is 13.9 Å². The Morgan fingerprint density at radius 3 is 2.12 bits per heavy atom. The number of halogens is 3. The van der Waals surface area contributed by atoms with Crippen molar-refractivity contribution in [2.75, 3.05) is 10.8 Å². The zero-order valence-electron chi connectivity index (χ0n) is 23.4. The number of carbonyl (C=O) groups excluding carboxylic acids is 2. The summed E-state index contributed by atoms with van der Waals surface area (Å²) in [5, 5.41) is 3.54. The Morgan fingerprint density at radius 1 is 0.927 bits per heavy atom. The Hall–Kier alpha value is -3.14. The fraction of sp³-hybridized carbons (Fsp3) is 0.333. The van der Waals surface area contributed by atoms with Gasteiger partial charge >= 0.3 is 0 Å². The maximum absolute atomic E-state index is 14.0. The molecule has 3 rings (SSSR count). The SMILES string of the molecule is CC[C@@H](C)NC(=O)[C@H](CC)N(Cc1ccc(Cl)c(Cl)c1)C(=O)CN(c1ccc(F)cc1)S(=O)(=O)c1ccc(C)cc1. The lowest BCUT2D eigenvalue weighted by Gasteiger charge is -2.33. The van der Waals surface area contributed by atoms with Crippen LogP contribution in [0.1, 0.15) is 44.7 Å². The highest BCUT2D eigenvalue weighted by molar-refractivity contribution is 7.92. The first-order chi connectivity index (χ1) is 19.4. The number of hydrogen-bond donors (Lipinski definition) is 1. The second kappa shape index (κ2) is 14.2. The van der Waals surface area contributed by atoms with Crippen LogP contribution in [-0.2, 0) is 26.2 Å². The molecule has 0 bridgehead atoms. The van der Waals surface area contributed by atoms with Crippen LogP contribution in [0.5, 0.6) is 0 Å². The molecular formula is C30H34Cl2FN3O4S. The Balaban J connectivity index is 2.07. The molecule has 0 heterocycles. The van der Waals surface area contributed by atoms with Gasteiger partial charge in [0.15, 0.2) is 0 Å². The smallest absolute Gasteiger partial charge is 0.264 e. The quantitative estimate of drug-likeness (QED) is 0.255. The minimum atomic E-state index is -4.25. The van der Waals surface area contributed by atoms with Crippen molar-refractivity contribution in [3.8, 4) is 0 Å². The molecule has 0 spiro atoms. The van der Waals surface area contributed by atoms with Crippen LogP contribution in [0, 0.1) is 12.7 Å². The van der Waals surface area contributed by atoms with E-state index in [-0.39, 0.29) is 40.5 Å². The van der Waals surface area contributed by atoms with Crippen molar-refractivity contribution in [2.45, 2.75) is 64.1 Å². The van der Waals surface area contributed by atoms with Gasteiger partial charge in [0, 0.05) is 12.6 Å². The van der Waals surface area contributed by atoms with E-state index in [2.05, 4.69) is 5.32 Å². The monoisotopic (exact) mass is 621 g/mol. The third-order valence-corrected chi connectivity index (χ3v) is 9.25. The van der Waals surface area contributed by atoms with Gasteiger partial charge in [0.05, 0.1) is 20.6 Å². The van der Waals surface area contributed by atoms with Gasteiger partial charge in [-0.25, -0.2) is 12.8 Å². The molecule has 11 heteroatoms. The zero-order valence-corrected chi connectivity index (χ0v) is 25.7. The van der Waals surface area contributed by atoms with E-state index in [4.69, 9.17) is 23.2 Å². The van der Waals surface area contributed by atoms with Gasteiger partial charge in [-0.05, 0) is 80.8 Å². The molecule has 0 saturated carbocycles. The summed E-state index contributed by atoms with van der Waals surface area (Å²) in [5.74, 6) is -1.53. The van der Waals surface area contributed by atoms with Crippen molar-refractivity contribution >= 4 is 50.7 Å². The van der Waals surface area contributed by atoms with E-state index in [1.54, 1.807) is 37.3 Å². The summed E-state index contributed by atoms with van der Waals surface area (Å²) in [5.41, 5.74) is 1.57. The number of nitrogens with zero attached hydrogens (tertiary/aromatic N) is 2. The summed E-state index contributed by atoms with van der Waals surface area (Å²) in [6.45, 7) is 6.74. The number of amides is 2. The maximum Gasteiger partial charge on any atom is 0.264 e. The molecule has 0 fully saturated rings. The van der Waals surface area contributed by atoms with E-state index in [0.29, 0.717) is 17.0 Å². The van der Waals surface area contributed by atoms with E-state index in [1.165, 1.54) is 29.2 Å². The number of rotatable bonds is 12. The Bertz CT molecular complexity index is 1470. The van der Waals surface area contributed by atoms with Crippen molar-refractivity contribution < 1.29 is 22.4 Å². The Labute approximate surface area is 251 Å². The Morgan fingerprint density at radius 2 is 1.56 bits per heavy atom. The molecule has 41 heavy (non-hydrogen) atoms. The third-order valence-electron chi connectivity index (χ3n) is 6.73. The number of hydrogen-bond acceptors (Lipinski definition) is 4. The van der Waals surface area contributed by atoms with Gasteiger partial charge in [-0.1, -0.05) is 60.8 Å². The van der Waals surface area contributed by atoms with E-state index in [0.717, 1.165) is 22.0 Å². The van der Waals surface area contributed by atoms with E-state index < -0.39 is 34.3 Å². The van der Waals surface area contributed by atoms with Gasteiger partial charge in [-0.2, -0.15) is 0 Å². The highest BCUT2D eigenvalue weighted by atomic mass is 35.5. The fourth-order valence-electron chi connectivity index (χ4n) is 4.17. The van der Waals surface area contributed by atoms with Crippen molar-refractivity contribution in [2.24, 2.45) is 0 Å². The first kappa shape index (κ1) is 32.4. The minimum absolute atomic E-state index is 0.0238. The molecule has 7 nitrogen and oxygen atoms in total. The van der Waals surface area contributed by atoms with Crippen LogP contribution >= 0.6 is 23.2 Å². The molecule has 0 aliphatic carbocycles.